The molecule has 0 atom stereocenters. The van der Waals surface area contributed by atoms with Crippen LogP contribution in [0, 0.1) is 5.82 Å². The summed E-state index contributed by atoms with van der Waals surface area (Å²) in [5.74, 6) is -1.46. The van der Waals surface area contributed by atoms with Crippen molar-refractivity contribution in [2.24, 2.45) is 0 Å². The number of rotatable bonds is 5. The third kappa shape index (κ3) is 3.60. The maximum Gasteiger partial charge on any atom is 0.313 e. The van der Waals surface area contributed by atoms with E-state index >= 15 is 0 Å². The van der Waals surface area contributed by atoms with Gasteiger partial charge >= 0.3 is 5.97 Å². The topological polar surface area (TPSA) is 81.4 Å². The molecule has 0 bridgehead atoms. The molecular formula is C13H11FN2O4S. The highest BCUT2D eigenvalue weighted by atomic mass is 32.2. The Morgan fingerprint density at radius 2 is 2.24 bits per heavy atom. The van der Waals surface area contributed by atoms with Crippen molar-refractivity contribution in [1.29, 1.82) is 0 Å². The largest absolute Gasteiger partial charge is 0.497 e. The molecule has 0 fully saturated rings. The molecule has 0 spiro atoms. The summed E-state index contributed by atoms with van der Waals surface area (Å²) < 4.78 is 20.3. The monoisotopic (exact) mass is 310 g/mol. The van der Waals surface area contributed by atoms with Gasteiger partial charge in [-0.25, -0.2) is 4.39 Å². The molecule has 8 heteroatoms. The van der Waals surface area contributed by atoms with Gasteiger partial charge in [-0.05, 0) is 12.1 Å². The zero-order valence-corrected chi connectivity index (χ0v) is 11.8. The summed E-state index contributed by atoms with van der Waals surface area (Å²) in [5.41, 5.74) is -0.405. The van der Waals surface area contributed by atoms with Crippen LogP contribution in [-0.2, 0) is 4.79 Å². The smallest absolute Gasteiger partial charge is 0.313 e. The van der Waals surface area contributed by atoms with E-state index in [0.29, 0.717) is 5.75 Å². The minimum Gasteiger partial charge on any atom is -0.497 e. The first-order chi connectivity index (χ1) is 10.0. The van der Waals surface area contributed by atoms with E-state index in [1.165, 1.54) is 42.1 Å². The molecule has 21 heavy (non-hydrogen) atoms. The van der Waals surface area contributed by atoms with Crippen LogP contribution in [0.1, 0.15) is 0 Å². The lowest BCUT2D eigenvalue weighted by Crippen LogP contribution is -2.14. The number of carboxylic acid groups (broad SMARTS) is 1. The Balaban J connectivity index is 2.52. The first kappa shape index (κ1) is 15.0. The quantitative estimate of drug-likeness (QED) is 0.666. The Hall–Kier alpha value is -2.35. The van der Waals surface area contributed by atoms with Crippen molar-refractivity contribution < 1.29 is 19.0 Å². The Morgan fingerprint density at radius 1 is 1.48 bits per heavy atom. The number of aromatic nitrogens is 2. The number of carboxylic acids is 1. The van der Waals surface area contributed by atoms with Crippen molar-refractivity contribution in [3.05, 3.63) is 46.6 Å². The molecule has 0 aliphatic carbocycles. The second kappa shape index (κ2) is 6.40. The lowest BCUT2D eigenvalue weighted by Gasteiger charge is -2.12. The number of methoxy groups -OCH3 is 1. The molecule has 1 heterocycles. The molecule has 0 aliphatic heterocycles. The van der Waals surface area contributed by atoms with Crippen LogP contribution in [0.5, 0.6) is 5.75 Å². The third-order valence-corrected chi connectivity index (χ3v) is 3.45. The lowest BCUT2D eigenvalue weighted by atomic mass is 10.3. The van der Waals surface area contributed by atoms with Gasteiger partial charge in [-0.15, -0.1) is 0 Å². The average Bonchev–Trinajstić information content (AvgIpc) is 2.46. The van der Waals surface area contributed by atoms with Crippen LogP contribution in [0.2, 0.25) is 0 Å². The van der Waals surface area contributed by atoms with E-state index < -0.39 is 17.3 Å². The SMILES string of the molecule is COc1ccc(F)c(-n2ccc(=O)nc2SCC(=O)O)c1. The van der Waals surface area contributed by atoms with Crippen molar-refractivity contribution in [3.8, 4) is 11.4 Å². The van der Waals surface area contributed by atoms with E-state index in [4.69, 9.17) is 9.84 Å². The number of carbonyl (C=O) groups is 1. The van der Waals surface area contributed by atoms with Gasteiger partial charge in [-0.1, -0.05) is 11.8 Å². The van der Waals surface area contributed by atoms with E-state index in [9.17, 15) is 14.0 Å². The van der Waals surface area contributed by atoms with E-state index in [-0.39, 0.29) is 16.6 Å². The van der Waals surface area contributed by atoms with E-state index in [2.05, 4.69) is 4.98 Å². The predicted molar refractivity (Wildman–Crippen MR) is 74.7 cm³/mol. The van der Waals surface area contributed by atoms with Crippen molar-refractivity contribution in [2.75, 3.05) is 12.9 Å². The molecule has 0 saturated heterocycles. The van der Waals surface area contributed by atoms with Gasteiger partial charge in [0.25, 0.3) is 5.56 Å². The Labute approximate surface area is 123 Å². The van der Waals surface area contributed by atoms with Crippen molar-refractivity contribution in [1.82, 2.24) is 9.55 Å². The Bertz CT molecular complexity index is 732. The summed E-state index contributed by atoms with van der Waals surface area (Å²) in [6.07, 6.45) is 1.34. The van der Waals surface area contributed by atoms with Crippen LogP contribution in [-0.4, -0.2) is 33.5 Å². The van der Waals surface area contributed by atoms with Crippen molar-refractivity contribution in [3.63, 3.8) is 0 Å². The minimum atomic E-state index is -1.06. The maximum absolute atomic E-state index is 14.0. The highest BCUT2D eigenvalue weighted by molar-refractivity contribution is 7.99. The fourth-order valence-corrected chi connectivity index (χ4v) is 2.31. The summed E-state index contributed by atoms with van der Waals surface area (Å²) in [7, 11) is 1.45. The zero-order chi connectivity index (χ0) is 15.4. The van der Waals surface area contributed by atoms with Crippen LogP contribution < -0.4 is 10.3 Å². The highest BCUT2D eigenvalue weighted by Crippen LogP contribution is 2.24. The average molecular weight is 310 g/mol. The molecular weight excluding hydrogens is 299 g/mol. The van der Waals surface area contributed by atoms with Crippen molar-refractivity contribution in [2.45, 2.75) is 5.16 Å². The summed E-state index contributed by atoms with van der Waals surface area (Å²) in [5, 5.41) is 8.81. The van der Waals surface area contributed by atoms with Gasteiger partial charge in [0.15, 0.2) is 5.16 Å². The van der Waals surface area contributed by atoms with Crippen LogP contribution in [0.4, 0.5) is 4.39 Å². The number of hydrogen-bond donors (Lipinski definition) is 1. The van der Waals surface area contributed by atoms with Gasteiger partial charge in [0, 0.05) is 18.3 Å². The third-order valence-electron chi connectivity index (χ3n) is 2.52. The number of ether oxygens (including phenoxy) is 1. The molecule has 0 saturated carbocycles. The molecule has 2 rings (SSSR count). The summed E-state index contributed by atoms with van der Waals surface area (Å²) in [4.78, 5) is 25.7. The van der Waals surface area contributed by atoms with Gasteiger partial charge in [0.2, 0.25) is 0 Å². The molecule has 0 aliphatic rings. The van der Waals surface area contributed by atoms with Gasteiger partial charge < -0.3 is 9.84 Å². The van der Waals surface area contributed by atoms with Crippen LogP contribution in [0.15, 0.2) is 40.4 Å². The Kier molecular flexibility index (Phi) is 4.59. The number of benzene rings is 1. The van der Waals surface area contributed by atoms with Gasteiger partial charge in [-0.3, -0.25) is 14.2 Å². The summed E-state index contributed by atoms with van der Waals surface area (Å²) >= 11 is 0.831. The molecule has 0 amide bonds. The molecule has 110 valence electrons. The minimum absolute atomic E-state index is 0.0945. The molecule has 0 unspecified atom stereocenters. The summed E-state index contributed by atoms with van der Waals surface area (Å²) in [6, 6.07) is 5.28. The van der Waals surface area contributed by atoms with E-state index in [0.717, 1.165) is 11.8 Å². The van der Waals surface area contributed by atoms with E-state index in [1.54, 1.807) is 0 Å². The maximum atomic E-state index is 14.0. The second-order valence-corrected chi connectivity index (χ2v) is 4.86. The van der Waals surface area contributed by atoms with Gasteiger partial charge in [0.1, 0.15) is 11.6 Å². The first-order valence-electron chi connectivity index (χ1n) is 5.79. The number of nitrogens with zero attached hydrogens (tertiary/aromatic N) is 2. The van der Waals surface area contributed by atoms with Crippen LogP contribution >= 0.6 is 11.8 Å². The fraction of sp³-hybridized carbons (Fsp3) is 0.154. The first-order valence-corrected chi connectivity index (χ1v) is 6.78. The lowest BCUT2D eigenvalue weighted by molar-refractivity contribution is -0.133. The van der Waals surface area contributed by atoms with Crippen molar-refractivity contribution >= 4 is 17.7 Å². The molecule has 6 nitrogen and oxygen atoms in total. The zero-order valence-electron chi connectivity index (χ0n) is 10.9. The van der Waals surface area contributed by atoms with Crippen LogP contribution in [0.3, 0.4) is 0 Å². The normalized spacial score (nSPS) is 10.4. The second-order valence-electron chi connectivity index (χ2n) is 3.92. The number of hydrogen-bond acceptors (Lipinski definition) is 5. The molecule has 2 aromatic rings. The van der Waals surface area contributed by atoms with Gasteiger partial charge in [0.05, 0.1) is 18.6 Å². The van der Waals surface area contributed by atoms with Crippen LogP contribution in [0.25, 0.3) is 5.69 Å². The van der Waals surface area contributed by atoms with E-state index in [1.807, 2.05) is 0 Å². The molecule has 1 aromatic carbocycles. The fourth-order valence-electron chi connectivity index (χ4n) is 1.60. The summed E-state index contributed by atoms with van der Waals surface area (Å²) in [6.45, 7) is 0. The number of aliphatic carboxylic acids is 1. The molecule has 1 aromatic heterocycles. The highest BCUT2D eigenvalue weighted by Gasteiger charge is 2.12. The molecule has 0 radical (unpaired) electrons. The molecule has 1 N–H and O–H groups in total. The predicted octanol–water partition coefficient (Wildman–Crippen LogP) is 1.56. The Morgan fingerprint density at radius 3 is 2.90 bits per heavy atom. The van der Waals surface area contributed by atoms with Gasteiger partial charge in [-0.2, -0.15) is 4.98 Å². The number of halogens is 1. The standard InChI is InChI=1S/C13H11FN2O4S/c1-20-8-2-3-9(14)10(6-8)16-5-4-11(17)15-13(16)21-7-12(18)19/h2-6H,7H2,1H3,(H,18,19). The number of thioether (sulfide) groups is 1.